The molecule has 2 amide bonds. The predicted octanol–water partition coefficient (Wildman–Crippen LogP) is 1.38. The molecule has 2 aromatic rings. The number of benzene rings is 2. The molecule has 0 spiro atoms. The lowest BCUT2D eigenvalue weighted by atomic mass is 10.0. The summed E-state index contributed by atoms with van der Waals surface area (Å²) in [5, 5.41) is 5.76. The summed E-state index contributed by atoms with van der Waals surface area (Å²) in [6, 6.07) is 13.1. The average molecular weight is 411 g/mol. The van der Waals surface area contributed by atoms with Gasteiger partial charge in [-0.25, -0.2) is 0 Å². The van der Waals surface area contributed by atoms with Crippen LogP contribution in [0.15, 0.2) is 42.5 Å². The highest BCUT2D eigenvalue weighted by Gasteiger charge is 2.21. The second-order valence-electron chi connectivity index (χ2n) is 8.05. The second kappa shape index (κ2) is 10.7. The van der Waals surface area contributed by atoms with Crippen LogP contribution in [-0.2, 0) is 20.8 Å². The maximum Gasteiger partial charge on any atom is 0.279 e. The standard InChI is InChI=1S/C24H31N3O3/c1-16-11-17(2)24(18(3)12-16)26-23(30)15-27(5)14-22(29)25-21(19(4)28)13-20-9-7-6-8-10-20/h6-12,21H,13-15H2,1-5H3,(H,25,29)(H,26,30)/p+1/t21-/m0/s1. The van der Waals surface area contributed by atoms with Gasteiger partial charge in [-0.2, -0.15) is 0 Å². The van der Waals surface area contributed by atoms with Gasteiger partial charge in [-0.05, 0) is 50.8 Å². The molecular formula is C24H32N3O3+. The molecule has 0 bridgehead atoms. The molecule has 6 nitrogen and oxygen atoms in total. The van der Waals surface area contributed by atoms with Crippen molar-refractivity contribution < 1.29 is 19.3 Å². The van der Waals surface area contributed by atoms with Gasteiger partial charge in [-0.3, -0.25) is 14.4 Å². The lowest BCUT2D eigenvalue weighted by molar-refractivity contribution is -0.862. The molecule has 0 aliphatic heterocycles. The number of anilines is 1. The van der Waals surface area contributed by atoms with E-state index in [0.29, 0.717) is 6.42 Å². The fourth-order valence-corrected chi connectivity index (χ4v) is 3.56. The van der Waals surface area contributed by atoms with Crippen LogP contribution < -0.4 is 15.5 Å². The van der Waals surface area contributed by atoms with Crippen molar-refractivity contribution in [1.29, 1.82) is 0 Å². The summed E-state index contributed by atoms with van der Waals surface area (Å²) in [6.07, 6.45) is 0.452. The van der Waals surface area contributed by atoms with Crippen molar-refractivity contribution >= 4 is 23.3 Å². The van der Waals surface area contributed by atoms with Gasteiger partial charge in [-0.15, -0.1) is 0 Å². The van der Waals surface area contributed by atoms with E-state index in [1.165, 1.54) is 6.92 Å². The Morgan fingerprint density at radius 2 is 1.50 bits per heavy atom. The van der Waals surface area contributed by atoms with Gasteiger partial charge in [0.05, 0.1) is 13.1 Å². The van der Waals surface area contributed by atoms with E-state index in [-0.39, 0.29) is 30.7 Å². The Labute approximate surface area is 178 Å². The molecule has 0 radical (unpaired) electrons. The minimum absolute atomic E-state index is 0.0899. The minimum atomic E-state index is -0.570. The highest BCUT2D eigenvalue weighted by molar-refractivity contribution is 5.93. The molecule has 0 heterocycles. The molecule has 2 atom stereocenters. The molecule has 0 fully saturated rings. The van der Waals surface area contributed by atoms with Gasteiger partial charge in [0.25, 0.3) is 11.8 Å². The highest BCUT2D eigenvalue weighted by Crippen LogP contribution is 2.21. The Balaban J connectivity index is 1.88. The van der Waals surface area contributed by atoms with Crippen molar-refractivity contribution in [1.82, 2.24) is 5.32 Å². The molecule has 160 valence electrons. The Kier molecular flexibility index (Phi) is 8.30. The SMILES string of the molecule is CC(=O)[C@H](Cc1ccccc1)NC(=O)C[NH+](C)CC(=O)Nc1c(C)cc(C)cc1C. The Morgan fingerprint density at radius 3 is 2.07 bits per heavy atom. The summed E-state index contributed by atoms with van der Waals surface area (Å²) in [4.78, 5) is 37.6. The van der Waals surface area contributed by atoms with E-state index in [1.54, 1.807) is 7.05 Å². The lowest BCUT2D eigenvalue weighted by Crippen LogP contribution is -3.11. The number of hydrogen-bond donors (Lipinski definition) is 3. The van der Waals surface area contributed by atoms with Crippen molar-refractivity contribution in [3.05, 3.63) is 64.7 Å². The number of amides is 2. The summed E-state index contributed by atoms with van der Waals surface area (Å²) in [6.45, 7) is 7.70. The van der Waals surface area contributed by atoms with E-state index in [9.17, 15) is 14.4 Å². The second-order valence-corrected chi connectivity index (χ2v) is 8.05. The molecule has 0 aliphatic carbocycles. The Morgan fingerprint density at radius 1 is 0.933 bits per heavy atom. The molecule has 0 saturated heterocycles. The van der Waals surface area contributed by atoms with Crippen LogP contribution in [0, 0.1) is 20.8 Å². The summed E-state index contributed by atoms with van der Waals surface area (Å²) in [5.74, 6) is -0.491. The third kappa shape index (κ3) is 7.12. The maximum absolute atomic E-state index is 12.4. The van der Waals surface area contributed by atoms with Gasteiger partial charge in [0, 0.05) is 5.69 Å². The van der Waals surface area contributed by atoms with Crippen molar-refractivity contribution in [3.8, 4) is 0 Å². The first-order valence-corrected chi connectivity index (χ1v) is 10.2. The zero-order valence-corrected chi connectivity index (χ0v) is 18.5. The fourth-order valence-electron chi connectivity index (χ4n) is 3.56. The quantitative estimate of drug-likeness (QED) is 0.584. The Hall–Kier alpha value is -2.99. The van der Waals surface area contributed by atoms with E-state index in [1.807, 2.05) is 63.2 Å². The molecule has 0 aromatic heterocycles. The minimum Gasteiger partial charge on any atom is -0.341 e. The largest absolute Gasteiger partial charge is 0.341 e. The van der Waals surface area contributed by atoms with Gasteiger partial charge >= 0.3 is 0 Å². The molecule has 3 N–H and O–H groups in total. The number of hydrogen-bond acceptors (Lipinski definition) is 3. The normalized spacial score (nSPS) is 12.7. The maximum atomic E-state index is 12.4. The number of aryl methyl sites for hydroxylation is 3. The summed E-state index contributed by atoms with van der Waals surface area (Å²) < 4.78 is 0. The number of rotatable bonds is 9. The predicted molar refractivity (Wildman–Crippen MR) is 119 cm³/mol. The van der Waals surface area contributed by atoms with Crippen LogP contribution in [-0.4, -0.2) is 43.8 Å². The van der Waals surface area contributed by atoms with Crippen molar-refractivity contribution in [2.75, 3.05) is 25.5 Å². The van der Waals surface area contributed by atoms with Gasteiger partial charge in [0.2, 0.25) is 0 Å². The number of likely N-dealkylation sites (N-methyl/N-ethyl adjacent to an activating group) is 1. The number of carbonyl (C=O) groups is 3. The van der Waals surface area contributed by atoms with Crippen LogP contribution in [0.25, 0.3) is 0 Å². The van der Waals surface area contributed by atoms with E-state index in [4.69, 9.17) is 0 Å². The summed E-state index contributed by atoms with van der Waals surface area (Å²) in [5.41, 5.74) is 4.99. The zero-order chi connectivity index (χ0) is 22.3. The van der Waals surface area contributed by atoms with E-state index < -0.39 is 6.04 Å². The van der Waals surface area contributed by atoms with E-state index >= 15 is 0 Å². The van der Waals surface area contributed by atoms with Crippen LogP contribution in [0.5, 0.6) is 0 Å². The first-order valence-electron chi connectivity index (χ1n) is 10.2. The van der Waals surface area contributed by atoms with E-state index in [0.717, 1.165) is 32.8 Å². The van der Waals surface area contributed by atoms with Crippen LogP contribution in [0.3, 0.4) is 0 Å². The van der Waals surface area contributed by atoms with Crippen LogP contribution in [0.4, 0.5) is 5.69 Å². The average Bonchev–Trinajstić information content (AvgIpc) is 2.64. The molecule has 2 aromatic carbocycles. The third-order valence-corrected chi connectivity index (χ3v) is 4.97. The van der Waals surface area contributed by atoms with Crippen LogP contribution >= 0.6 is 0 Å². The number of nitrogens with one attached hydrogen (secondary N) is 3. The molecule has 1 unspecified atom stereocenters. The van der Waals surface area contributed by atoms with Gasteiger partial charge in [0.1, 0.15) is 0 Å². The number of ketones is 1. The first kappa shape index (κ1) is 23.3. The number of quaternary nitrogens is 1. The molecule has 0 saturated carbocycles. The highest BCUT2D eigenvalue weighted by atomic mass is 16.2. The van der Waals surface area contributed by atoms with Gasteiger partial charge < -0.3 is 15.5 Å². The fraction of sp³-hybridized carbons (Fsp3) is 0.375. The lowest BCUT2D eigenvalue weighted by Gasteiger charge is -2.19. The molecule has 0 aliphatic rings. The molecule has 6 heteroatoms. The number of carbonyl (C=O) groups excluding carboxylic acids is 3. The number of Topliss-reactive ketones (excluding diaryl/α,β-unsaturated/α-hetero) is 1. The van der Waals surface area contributed by atoms with Crippen molar-refractivity contribution in [3.63, 3.8) is 0 Å². The van der Waals surface area contributed by atoms with Crippen molar-refractivity contribution in [2.24, 2.45) is 0 Å². The van der Waals surface area contributed by atoms with Crippen LogP contribution in [0.1, 0.15) is 29.2 Å². The first-order chi connectivity index (χ1) is 14.2. The zero-order valence-electron chi connectivity index (χ0n) is 18.5. The van der Waals surface area contributed by atoms with Crippen molar-refractivity contribution in [2.45, 2.75) is 40.2 Å². The smallest absolute Gasteiger partial charge is 0.279 e. The summed E-state index contributed by atoms with van der Waals surface area (Å²) >= 11 is 0. The topological polar surface area (TPSA) is 79.7 Å². The van der Waals surface area contributed by atoms with Gasteiger partial charge in [-0.1, -0.05) is 48.0 Å². The molecule has 2 rings (SSSR count). The molecular weight excluding hydrogens is 378 g/mol. The summed E-state index contributed by atoms with van der Waals surface area (Å²) in [7, 11) is 1.79. The third-order valence-electron chi connectivity index (χ3n) is 4.97. The Bertz CT molecular complexity index is 886. The van der Waals surface area contributed by atoms with Gasteiger partial charge in [0.15, 0.2) is 18.9 Å². The molecule has 30 heavy (non-hydrogen) atoms. The van der Waals surface area contributed by atoms with E-state index in [2.05, 4.69) is 10.6 Å². The van der Waals surface area contributed by atoms with Crippen LogP contribution in [0.2, 0.25) is 0 Å². The monoisotopic (exact) mass is 410 g/mol.